The molecule has 0 aliphatic carbocycles. The standard InChI is InChI=1S/C12H22N2O5S2/c1-9(7-20-2)5-13-12(17)14(6-11(15)16)10-3-4-21(18,19)8-10/h9-10H,3-8H2,1-2H3,(H,13,17)(H,15,16). The van der Waals surface area contributed by atoms with Gasteiger partial charge in [0.25, 0.3) is 0 Å². The van der Waals surface area contributed by atoms with Crippen LogP contribution in [0, 0.1) is 5.92 Å². The molecule has 2 atom stereocenters. The molecule has 1 rings (SSSR count). The van der Waals surface area contributed by atoms with Gasteiger partial charge in [-0.3, -0.25) is 4.79 Å². The second-order valence-corrected chi connectivity index (χ2v) is 8.46. The Morgan fingerprint density at radius 2 is 2.14 bits per heavy atom. The Kier molecular flexibility index (Phi) is 6.79. The van der Waals surface area contributed by atoms with Gasteiger partial charge in [-0.15, -0.1) is 0 Å². The topological polar surface area (TPSA) is 104 Å². The van der Waals surface area contributed by atoms with Gasteiger partial charge in [0.2, 0.25) is 0 Å². The van der Waals surface area contributed by atoms with Crippen LogP contribution in [-0.2, 0) is 14.6 Å². The average molecular weight is 338 g/mol. The lowest BCUT2D eigenvalue weighted by Crippen LogP contribution is -2.49. The quantitative estimate of drug-likeness (QED) is 0.690. The molecule has 7 nitrogen and oxygen atoms in total. The number of sulfone groups is 1. The number of amides is 2. The number of nitrogens with one attached hydrogen (secondary N) is 1. The summed E-state index contributed by atoms with van der Waals surface area (Å²) in [5, 5.41) is 11.6. The molecule has 1 saturated heterocycles. The zero-order valence-electron chi connectivity index (χ0n) is 12.2. The monoisotopic (exact) mass is 338 g/mol. The first kappa shape index (κ1) is 18.1. The Hall–Kier alpha value is -0.960. The molecular formula is C12H22N2O5S2. The zero-order valence-corrected chi connectivity index (χ0v) is 13.9. The van der Waals surface area contributed by atoms with E-state index in [0.717, 1.165) is 10.7 Å². The van der Waals surface area contributed by atoms with E-state index in [1.165, 1.54) is 0 Å². The van der Waals surface area contributed by atoms with E-state index in [9.17, 15) is 18.0 Å². The normalized spacial score (nSPS) is 21.7. The number of carbonyl (C=O) groups is 2. The summed E-state index contributed by atoms with van der Waals surface area (Å²) in [4.78, 5) is 24.2. The molecule has 0 aromatic carbocycles. The Balaban J connectivity index is 2.65. The maximum Gasteiger partial charge on any atom is 0.323 e. The minimum Gasteiger partial charge on any atom is -0.480 e. The summed E-state index contributed by atoms with van der Waals surface area (Å²) < 4.78 is 23.0. The second kappa shape index (κ2) is 7.88. The molecule has 2 unspecified atom stereocenters. The van der Waals surface area contributed by atoms with Crippen molar-refractivity contribution in [3.8, 4) is 0 Å². The van der Waals surface area contributed by atoms with Crippen LogP contribution in [0.25, 0.3) is 0 Å². The first-order valence-electron chi connectivity index (χ1n) is 6.70. The van der Waals surface area contributed by atoms with Gasteiger partial charge in [-0.05, 0) is 24.3 Å². The summed E-state index contributed by atoms with van der Waals surface area (Å²) in [5.74, 6) is -0.149. The van der Waals surface area contributed by atoms with Crippen LogP contribution in [0.2, 0.25) is 0 Å². The van der Waals surface area contributed by atoms with Crippen molar-refractivity contribution >= 4 is 33.6 Å². The van der Waals surface area contributed by atoms with E-state index in [0.29, 0.717) is 13.0 Å². The van der Waals surface area contributed by atoms with Gasteiger partial charge in [0.1, 0.15) is 6.54 Å². The van der Waals surface area contributed by atoms with Crippen LogP contribution < -0.4 is 5.32 Å². The van der Waals surface area contributed by atoms with Crippen molar-refractivity contribution in [1.29, 1.82) is 0 Å². The lowest BCUT2D eigenvalue weighted by Gasteiger charge is -2.27. The highest BCUT2D eigenvalue weighted by Crippen LogP contribution is 2.18. The minimum atomic E-state index is -3.17. The summed E-state index contributed by atoms with van der Waals surface area (Å²) in [6, 6.07) is -1.06. The minimum absolute atomic E-state index is 0.00391. The number of thioether (sulfide) groups is 1. The maximum absolute atomic E-state index is 12.1. The van der Waals surface area contributed by atoms with E-state index < -0.39 is 34.4 Å². The SMILES string of the molecule is CSCC(C)CNC(=O)N(CC(=O)O)C1CCS(=O)(=O)C1. The first-order valence-corrected chi connectivity index (χ1v) is 9.92. The Bertz CT molecular complexity index is 480. The number of hydrogen-bond acceptors (Lipinski definition) is 5. The predicted octanol–water partition coefficient (Wildman–Crippen LogP) is 0.269. The average Bonchev–Trinajstić information content (AvgIpc) is 2.73. The predicted molar refractivity (Wildman–Crippen MR) is 82.3 cm³/mol. The molecular weight excluding hydrogens is 316 g/mol. The van der Waals surface area contributed by atoms with Crippen molar-refractivity contribution in [2.24, 2.45) is 5.92 Å². The number of carboxylic acid groups (broad SMARTS) is 1. The summed E-state index contributed by atoms with van der Waals surface area (Å²) in [6.07, 6.45) is 2.27. The first-order chi connectivity index (χ1) is 9.75. The van der Waals surface area contributed by atoms with Gasteiger partial charge in [0.05, 0.1) is 11.5 Å². The van der Waals surface area contributed by atoms with Gasteiger partial charge in [0, 0.05) is 12.6 Å². The molecule has 1 heterocycles. The number of urea groups is 1. The van der Waals surface area contributed by atoms with E-state index in [-0.39, 0.29) is 17.4 Å². The maximum atomic E-state index is 12.1. The highest BCUT2D eigenvalue weighted by atomic mass is 32.2. The number of rotatable bonds is 7. The summed E-state index contributed by atoms with van der Waals surface area (Å²) in [6.45, 7) is 1.94. The fourth-order valence-electron chi connectivity index (χ4n) is 2.24. The third-order valence-electron chi connectivity index (χ3n) is 3.27. The summed E-state index contributed by atoms with van der Waals surface area (Å²) in [5.41, 5.74) is 0. The third-order valence-corrected chi connectivity index (χ3v) is 5.92. The van der Waals surface area contributed by atoms with Gasteiger partial charge in [0.15, 0.2) is 9.84 Å². The molecule has 1 fully saturated rings. The summed E-state index contributed by atoms with van der Waals surface area (Å²) in [7, 11) is -3.17. The fourth-order valence-corrected chi connectivity index (χ4v) is 4.66. The van der Waals surface area contributed by atoms with Gasteiger partial charge in [-0.25, -0.2) is 13.2 Å². The van der Waals surface area contributed by atoms with Crippen molar-refractivity contribution < 1.29 is 23.1 Å². The van der Waals surface area contributed by atoms with Crippen LogP contribution >= 0.6 is 11.8 Å². The number of hydrogen-bond donors (Lipinski definition) is 2. The zero-order chi connectivity index (χ0) is 16.0. The third kappa shape index (κ3) is 6.13. The highest BCUT2D eigenvalue weighted by Gasteiger charge is 2.35. The molecule has 2 N–H and O–H groups in total. The number of nitrogens with zero attached hydrogens (tertiary/aromatic N) is 1. The van der Waals surface area contributed by atoms with Gasteiger partial charge >= 0.3 is 12.0 Å². The van der Waals surface area contributed by atoms with Crippen LogP contribution in [0.3, 0.4) is 0 Å². The second-order valence-electron chi connectivity index (χ2n) is 5.33. The van der Waals surface area contributed by atoms with E-state index in [2.05, 4.69) is 5.32 Å². The highest BCUT2D eigenvalue weighted by molar-refractivity contribution is 7.98. The molecule has 0 saturated carbocycles. The van der Waals surface area contributed by atoms with Crippen molar-refractivity contribution in [1.82, 2.24) is 10.2 Å². The van der Waals surface area contributed by atoms with E-state index in [1.54, 1.807) is 11.8 Å². The largest absolute Gasteiger partial charge is 0.480 e. The Labute approximate surface area is 129 Å². The van der Waals surface area contributed by atoms with Crippen molar-refractivity contribution in [2.75, 3.05) is 36.6 Å². The van der Waals surface area contributed by atoms with Gasteiger partial charge < -0.3 is 15.3 Å². The van der Waals surface area contributed by atoms with Gasteiger partial charge in [-0.1, -0.05) is 6.92 Å². The van der Waals surface area contributed by atoms with Crippen LogP contribution in [0.1, 0.15) is 13.3 Å². The van der Waals surface area contributed by atoms with E-state index >= 15 is 0 Å². The Morgan fingerprint density at radius 1 is 1.48 bits per heavy atom. The number of carboxylic acids is 1. The molecule has 122 valence electrons. The molecule has 9 heteroatoms. The molecule has 0 spiro atoms. The van der Waals surface area contributed by atoms with Crippen LogP contribution in [0.5, 0.6) is 0 Å². The lowest BCUT2D eigenvalue weighted by molar-refractivity contribution is -0.138. The van der Waals surface area contributed by atoms with E-state index in [1.807, 2.05) is 13.2 Å². The van der Waals surface area contributed by atoms with Crippen LogP contribution in [0.4, 0.5) is 4.79 Å². The molecule has 1 aliphatic rings. The molecule has 1 aliphatic heterocycles. The van der Waals surface area contributed by atoms with Gasteiger partial charge in [-0.2, -0.15) is 11.8 Å². The molecule has 2 amide bonds. The number of carbonyl (C=O) groups excluding carboxylic acids is 1. The van der Waals surface area contributed by atoms with Crippen molar-refractivity contribution in [3.05, 3.63) is 0 Å². The van der Waals surface area contributed by atoms with Crippen molar-refractivity contribution in [2.45, 2.75) is 19.4 Å². The van der Waals surface area contributed by atoms with Crippen LogP contribution in [0.15, 0.2) is 0 Å². The molecule has 0 aromatic rings. The van der Waals surface area contributed by atoms with Crippen molar-refractivity contribution in [3.63, 3.8) is 0 Å². The smallest absolute Gasteiger partial charge is 0.323 e. The van der Waals surface area contributed by atoms with Crippen LogP contribution in [-0.4, -0.2) is 73.1 Å². The Morgan fingerprint density at radius 3 is 2.62 bits per heavy atom. The lowest BCUT2D eigenvalue weighted by atomic mass is 10.2. The van der Waals surface area contributed by atoms with E-state index in [4.69, 9.17) is 5.11 Å². The molecule has 0 bridgehead atoms. The summed E-state index contributed by atoms with van der Waals surface area (Å²) >= 11 is 1.67. The molecule has 0 radical (unpaired) electrons. The molecule has 0 aromatic heterocycles. The number of aliphatic carboxylic acids is 1. The molecule has 21 heavy (non-hydrogen) atoms. The fraction of sp³-hybridized carbons (Fsp3) is 0.833.